The van der Waals surface area contributed by atoms with E-state index < -0.39 is 5.41 Å². The van der Waals surface area contributed by atoms with E-state index in [0.29, 0.717) is 12.8 Å². The van der Waals surface area contributed by atoms with E-state index in [2.05, 4.69) is 4.74 Å². The summed E-state index contributed by atoms with van der Waals surface area (Å²) >= 11 is 0. The van der Waals surface area contributed by atoms with Crippen molar-refractivity contribution in [1.29, 1.82) is 0 Å². The Morgan fingerprint density at radius 1 is 1.20 bits per heavy atom. The van der Waals surface area contributed by atoms with Gasteiger partial charge < -0.3 is 9.47 Å². The second kappa shape index (κ2) is 5.73. The molecule has 0 aromatic heterocycles. The van der Waals surface area contributed by atoms with Crippen LogP contribution in [-0.4, -0.2) is 26.2 Å². The van der Waals surface area contributed by atoms with Crippen LogP contribution < -0.4 is 0 Å². The molecule has 1 atom stereocenters. The Kier molecular flexibility index (Phi) is 5.33. The highest BCUT2D eigenvalue weighted by atomic mass is 16.5. The molecule has 0 spiro atoms. The Hall–Kier alpha value is -1.06. The number of carbonyl (C=O) groups excluding carboxylic acids is 2. The van der Waals surface area contributed by atoms with Crippen LogP contribution in [0.4, 0.5) is 0 Å². The van der Waals surface area contributed by atoms with Crippen molar-refractivity contribution in [1.82, 2.24) is 0 Å². The summed E-state index contributed by atoms with van der Waals surface area (Å²) in [7, 11) is 2.73. The Morgan fingerprint density at radius 3 is 2.13 bits per heavy atom. The summed E-state index contributed by atoms with van der Waals surface area (Å²) in [6, 6.07) is 0. The molecule has 0 aliphatic rings. The van der Waals surface area contributed by atoms with Crippen LogP contribution in [0.3, 0.4) is 0 Å². The Labute approximate surface area is 90.9 Å². The number of methoxy groups -OCH3 is 2. The van der Waals surface area contributed by atoms with E-state index in [1.165, 1.54) is 14.2 Å². The molecule has 0 heterocycles. The molecule has 0 aliphatic carbocycles. The molecule has 4 heteroatoms. The first kappa shape index (κ1) is 13.9. The maximum Gasteiger partial charge on any atom is 0.311 e. The van der Waals surface area contributed by atoms with Crippen LogP contribution in [-0.2, 0) is 19.1 Å². The maximum absolute atomic E-state index is 11.4. The average Bonchev–Trinajstić information content (AvgIpc) is 2.15. The Morgan fingerprint density at radius 2 is 1.73 bits per heavy atom. The van der Waals surface area contributed by atoms with Gasteiger partial charge in [0.05, 0.1) is 19.6 Å². The predicted octanol–water partition coefficient (Wildman–Crippen LogP) is 1.77. The fourth-order valence-corrected chi connectivity index (χ4v) is 1.67. The topological polar surface area (TPSA) is 52.6 Å². The molecule has 0 amide bonds. The van der Waals surface area contributed by atoms with E-state index >= 15 is 0 Å². The summed E-state index contributed by atoms with van der Waals surface area (Å²) in [5.41, 5.74) is -0.553. The molecule has 0 N–H and O–H groups in total. The summed E-state index contributed by atoms with van der Waals surface area (Å²) in [4.78, 5) is 22.4. The van der Waals surface area contributed by atoms with Crippen LogP contribution >= 0.6 is 0 Å². The van der Waals surface area contributed by atoms with Gasteiger partial charge in [-0.05, 0) is 26.2 Å². The summed E-state index contributed by atoms with van der Waals surface area (Å²) in [6.07, 6.45) is 0.936. The van der Waals surface area contributed by atoms with E-state index in [1.54, 1.807) is 0 Å². The minimum Gasteiger partial charge on any atom is -0.469 e. The van der Waals surface area contributed by atoms with Gasteiger partial charge in [-0.15, -0.1) is 0 Å². The summed E-state index contributed by atoms with van der Waals surface area (Å²) < 4.78 is 9.26. The van der Waals surface area contributed by atoms with Crippen molar-refractivity contribution < 1.29 is 19.1 Å². The van der Waals surface area contributed by atoms with E-state index in [1.807, 2.05) is 20.8 Å². The highest BCUT2D eigenvalue weighted by Gasteiger charge is 2.31. The van der Waals surface area contributed by atoms with Crippen LogP contribution in [0.15, 0.2) is 0 Å². The van der Waals surface area contributed by atoms with Crippen LogP contribution in [0.5, 0.6) is 0 Å². The van der Waals surface area contributed by atoms with Gasteiger partial charge >= 0.3 is 11.9 Å². The van der Waals surface area contributed by atoms with Gasteiger partial charge in [-0.2, -0.15) is 0 Å². The maximum atomic E-state index is 11.4. The van der Waals surface area contributed by atoms with Crippen molar-refractivity contribution in [3.05, 3.63) is 0 Å². The minimum atomic E-state index is -0.553. The second-order valence-corrected chi connectivity index (χ2v) is 4.47. The van der Waals surface area contributed by atoms with Crippen molar-refractivity contribution in [3.8, 4) is 0 Å². The lowest BCUT2D eigenvalue weighted by Gasteiger charge is -2.24. The first-order chi connectivity index (χ1) is 6.83. The zero-order chi connectivity index (χ0) is 12.1. The summed E-state index contributed by atoms with van der Waals surface area (Å²) in [6.45, 7) is 5.54. The molecule has 15 heavy (non-hydrogen) atoms. The standard InChI is InChI=1S/C11H20O4/c1-8(6-9(12)14-4)7-11(2,3)10(13)15-5/h8H,6-7H2,1-5H3. The van der Waals surface area contributed by atoms with Gasteiger partial charge in [0.25, 0.3) is 0 Å². The fourth-order valence-electron chi connectivity index (χ4n) is 1.67. The highest BCUT2D eigenvalue weighted by molar-refractivity contribution is 5.76. The molecule has 0 aromatic carbocycles. The van der Waals surface area contributed by atoms with Crippen molar-refractivity contribution in [2.45, 2.75) is 33.6 Å². The fraction of sp³-hybridized carbons (Fsp3) is 0.818. The first-order valence-electron chi connectivity index (χ1n) is 4.98. The molecule has 0 saturated heterocycles. The molecule has 88 valence electrons. The third kappa shape index (κ3) is 4.81. The molecule has 1 unspecified atom stereocenters. The van der Waals surface area contributed by atoms with E-state index in [-0.39, 0.29) is 17.9 Å². The number of ether oxygens (including phenoxy) is 2. The van der Waals surface area contributed by atoms with Crippen LogP contribution in [0.2, 0.25) is 0 Å². The van der Waals surface area contributed by atoms with Crippen LogP contribution in [0, 0.1) is 11.3 Å². The molecular formula is C11H20O4. The highest BCUT2D eigenvalue weighted by Crippen LogP contribution is 2.28. The van der Waals surface area contributed by atoms with Gasteiger partial charge in [-0.25, -0.2) is 0 Å². The van der Waals surface area contributed by atoms with Crippen molar-refractivity contribution in [2.75, 3.05) is 14.2 Å². The Bertz CT molecular complexity index is 233. The van der Waals surface area contributed by atoms with Gasteiger partial charge in [0.2, 0.25) is 0 Å². The molecule has 0 saturated carbocycles. The van der Waals surface area contributed by atoms with E-state index in [9.17, 15) is 9.59 Å². The zero-order valence-corrected chi connectivity index (χ0v) is 10.1. The second-order valence-electron chi connectivity index (χ2n) is 4.47. The van der Waals surface area contributed by atoms with Crippen LogP contribution in [0.1, 0.15) is 33.6 Å². The normalized spacial score (nSPS) is 13.1. The molecule has 0 fully saturated rings. The van der Waals surface area contributed by atoms with E-state index in [0.717, 1.165) is 0 Å². The lowest BCUT2D eigenvalue weighted by Crippen LogP contribution is -2.28. The first-order valence-corrected chi connectivity index (χ1v) is 4.98. The van der Waals surface area contributed by atoms with Crippen LogP contribution in [0.25, 0.3) is 0 Å². The van der Waals surface area contributed by atoms with Gasteiger partial charge in [0.15, 0.2) is 0 Å². The SMILES string of the molecule is COC(=O)CC(C)CC(C)(C)C(=O)OC. The number of esters is 2. The van der Waals surface area contributed by atoms with Gasteiger partial charge in [-0.1, -0.05) is 6.92 Å². The third-order valence-corrected chi connectivity index (χ3v) is 2.34. The number of rotatable bonds is 5. The van der Waals surface area contributed by atoms with Crippen molar-refractivity contribution in [2.24, 2.45) is 11.3 Å². The van der Waals surface area contributed by atoms with Crippen molar-refractivity contribution >= 4 is 11.9 Å². The lowest BCUT2D eigenvalue weighted by molar-refractivity contribution is -0.152. The molecule has 0 aromatic rings. The van der Waals surface area contributed by atoms with Crippen molar-refractivity contribution in [3.63, 3.8) is 0 Å². The zero-order valence-electron chi connectivity index (χ0n) is 10.1. The van der Waals surface area contributed by atoms with Gasteiger partial charge in [-0.3, -0.25) is 9.59 Å². The quantitative estimate of drug-likeness (QED) is 0.657. The summed E-state index contributed by atoms with van der Waals surface area (Å²) in [5, 5.41) is 0. The molecule has 0 bridgehead atoms. The van der Waals surface area contributed by atoms with E-state index in [4.69, 9.17) is 4.74 Å². The number of hydrogen-bond acceptors (Lipinski definition) is 4. The summed E-state index contributed by atoms with van der Waals surface area (Å²) in [5.74, 6) is -0.395. The average molecular weight is 216 g/mol. The Balaban J connectivity index is 4.21. The molecule has 0 aliphatic heterocycles. The third-order valence-electron chi connectivity index (χ3n) is 2.34. The largest absolute Gasteiger partial charge is 0.469 e. The smallest absolute Gasteiger partial charge is 0.311 e. The predicted molar refractivity (Wildman–Crippen MR) is 56.2 cm³/mol. The monoisotopic (exact) mass is 216 g/mol. The molecule has 4 nitrogen and oxygen atoms in total. The number of hydrogen-bond donors (Lipinski definition) is 0. The molecule has 0 radical (unpaired) electrons. The minimum absolute atomic E-state index is 0.103. The van der Waals surface area contributed by atoms with Gasteiger partial charge in [0, 0.05) is 6.42 Å². The molecular weight excluding hydrogens is 196 g/mol. The molecule has 0 rings (SSSR count). The lowest BCUT2D eigenvalue weighted by atomic mass is 9.82. The number of carbonyl (C=O) groups is 2. The van der Waals surface area contributed by atoms with Gasteiger partial charge in [0.1, 0.15) is 0 Å².